The zero-order chi connectivity index (χ0) is 34.0. The molecule has 2 aromatic rings. The first-order valence-corrected chi connectivity index (χ1v) is 15.4. The smallest absolute Gasteiger partial charge is 0.475 e. The summed E-state index contributed by atoms with van der Waals surface area (Å²) in [7, 11) is 0. The van der Waals surface area contributed by atoms with Gasteiger partial charge < -0.3 is 25.8 Å². The average Bonchev–Trinajstić information content (AvgIpc) is 3.43. The molecular formula is C31H36Cl2F4N4O5. The summed E-state index contributed by atoms with van der Waals surface area (Å²) in [5.41, 5.74) is 0.0582. The van der Waals surface area contributed by atoms with Crippen molar-refractivity contribution in [2.24, 2.45) is 5.41 Å². The van der Waals surface area contributed by atoms with Crippen LogP contribution >= 0.6 is 23.2 Å². The topological polar surface area (TPSA) is 120 Å². The Bertz CT molecular complexity index is 1470. The summed E-state index contributed by atoms with van der Waals surface area (Å²) >= 11 is 12.5. The molecule has 0 aromatic heterocycles. The Balaban J connectivity index is 0.000000617. The molecule has 0 aliphatic carbocycles. The predicted octanol–water partition coefficient (Wildman–Crippen LogP) is 4.96. The highest BCUT2D eigenvalue weighted by molar-refractivity contribution is 6.31. The van der Waals surface area contributed by atoms with Crippen molar-refractivity contribution in [3.8, 4) is 0 Å². The second kappa shape index (κ2) is 14.0. The number of amides is 2. The van der Waals surface area contributed by atoms with Crippen molar-refractivity contribution in [3.63, 3.8) is 0 Å². The number of rotatable bonds is 6. The molecule has 252 valence electrons. The van der Waals surface area contributed by atoms with Gasteiger partial charge in [-0.15, -0.1) is 0 Å². The summed E-state index contributed by atoms with van der Waals surface area (Å²) in [5.74, 6) is -4.79. The maximum absolute atomic E-state index is 15.8. The number of fused-ring (bicyclic) bond motifs is 2. The molecule has 3 heterocycles. The number of hydrogen-bond donors (Lipinski definition) is 4. The van der Waals surface area contributed by atoms with Gasteiger partial charge in [0.2, 0.25) is 11.8 Å². The largest absolute Gasteiger partial charge is 0.490 e. The summed E-state index contributed by atoms with van der Waals surface area (Å²) in [6.07, 6.45) is -4.52. The summed E-state index contributed by atoms with van der Waals surface area (Å²) in [6.45, 7) is 10.3. The van der Waals surface area contributed by atoms with Gasteiger partial charge in [0.1, 0.15) is 11.2 Å². The second-order valence-electron chi connectivity index (χ2n) is 12.6. The van der Waals surface area contributed by atoms with Crippen LogP contribution in [0.25, 0.3) is 0 Å². The van der Waals surface area contributed by atoms with E-state index in [0.29, 0.717) is 49.0 Å². The lowest BCUT2D eigenvalue weighted by Gasteiger charge is -2.37. The third-order valence-corrected chi connectivity index (χ3v) is 8.82. The number of carboxylic acids is 1. The van der Waals surface area contributed by atoms with Crippen LogP contribution in [0.1, 0.15) is 44.2 Å². The number of morpholine rings is 1. The lowest BCUT2D eigenvalue weighted by Crippen LogP contribution is -2.49. The fourth-order valence-corrected chi connectivity index (χ4v) is 6.78. The number of carboxylic acid groups (broad SMARTS) is 1. The van der Waals surface area contributed by atoms with E-state index in [4.69, 9.17) is 37.8 Å². The minimum absolute atomic E-state index is 0.0527. The van der Waals surface area contributed by atoms with Crippen molar-refractivity contribution >= 4 is 46.7 Å². The number of nitrogens with zero attached hydrogens (tertiary/aromatic N) is 1. The van der Waals surface area contributed by atoms with Crippen molar-refractivity contribution in [2.45, 2.75) is 56.8 Å². The number of alkyl halides is 3. The van der Waals surface area contributed by atoms with Crippen LogP contribution in [0.4, 0.5) is 23.2 Å². The predicted molar refractivity (Wildman–Crippen MR) is 165 cm³/mol. The molecule has 0 unspecified atom stereocenters. The molecule has 4 atom stereocenters. The highest BCUT2D eigenvalue weighted by Gasteiger charge is 2.66. The van der Waals surface area contributed by atoms with E-state index in [1.54, 1.807) is 24.3 Å². The van der Waals surface area contributed by atoms with E-state index in [1.165, 1.54) is 6.07 Å². The third-order valence-electron chi connectivity index (χ3n) is 8.29. The fraction of sp³-hybridized carbons (Fsp3) is 0.516. The summed E-state index contributed by atoms with van der Waals surface area (Å²) < 4.78 is 52.9. The Morgan fingerprint density at radius 2 is 1.78 bits per heavy atom. The molecule has 4 N–H and O–H groups in total. The molecule has 3 aliphatic rings. The summed E-state index contributed by atoms with van der Waals surface area (Å²) in [4.78, 5) is 39.1. The highest BCUT2D eigenvalue weighted by atomic mass is 35.5. The van der Waals surface area contributed by atoms with Crippen LogP contribution < -0.4 is 16.0 Å². The van der Waals surface area contributed by atoms with E-state index in [2.05, 4.69) is 41.6 Å². The average molecular weight is 692 g/mol. The SMILES string of the molecule is CC(C)(C)C[C@@H]1N[C@@H](C(=O)NCCN2CCOCC2)[C@H](c2cccc(Cl)c2F)[C@]12C(=O)Nc1cc(Cl)ccc12.O=C(O)C(F)(F)F. The number of nitrogens with one attached hydrogen (secondary N) is 3. The minimum atomic E-state index is -5.08. The fourth-order valence-electron chi connectivity index (χ4n) is 6.42. The third kappa shape index (κ3) is 7.60. The van der Waals surface area contributed by atoms with E-state index in [1.807, 2.05) is 6.07 Å². The van der Waals surface area contributed by atoms with Crippen molar-refractivity contribution < 1.29 is 41.8 Å². The molecule has 2 saturated heterocycles. The van der Waals surface area contributed by atoms with E-state index in [9.17, 15) is 22.8 Å². The van der Waals surface area contributed by atoms with Crippen LogP contribution in [0.15, 0.2) is 36.4 Å². The lowest BCUT2D eigenvalue weighted by molar-refractivity contribution is -0.192. The molecule has 0 bridgehead atoms. The Morgan fingerprint density at radius 1 is 1.13 bits per heavy atom. The van der Waals surface area contributed by atoms with Gasteiger partial charge in [0, 0.05) is 48.8 Å². The van der Waals surface area contributed by atoms with Gasteiger partial charge >= 0.3 is 12.1 Å². The number of carbonyl (C=O) groups is 3. The maximum atomic E-state index is 15.8. The van der Waals surface area contributed by atoms with Gasteiger partial charge in [-0.1, -0.05) is 62.2 Å². The van der Waals surface area contributed by atoms with Crippen LogP contribution in [0.2, 0.25) is 10.0 Å². The standard InChI is InChI=1S/C29H35Cl2FN4O3.C2HF3O2/c1-28(2,3)16-22-29(19-8-7-17(30)15-21(19)34-27(29)38)23(18-5-4-6-20(31)24(18)32)25(35-22)26(37)33-9-10-36-11-13-39-14-12-36;3-2(4,5)1(6)7/h4-8,15,22-23,25,35H,9-14,16H2,1-3H3,(H,33,37)(H,34,38);(H,6,7)/t22-,23-,25+,29+;/m0./s1. The molecule has 2 amide bonds. The molecule has 15 heteroatoms. The molecule has 3 aliphatic heterocycles. The highest BCUT2D eigenvalue weighted by Crippen LogP contribution is 2.57. The summed E-state index contributed by atoms with van der Waals surface area (Å²) in [5, 5.41) is 17.1. The first-order chi connectivity index (χ1) is 21.5. The normalized spacial score (nSPS) is 24.6. The van der Waals surface area contributed by atoms with Crippen LogP contribution in [0.3, 0.4) is 0 Å². The van der Waals surface area contributed by atoms with Gasteiger partial charge in [0.15, 0.2) is 0 Å². The molecule has 9 nitrogen and oxygen atoms in total. The number of aliphatic carboxylic acids is 1. The molecule has 46 heavy (non-hydrogen) atoms. The molecule has 0 saturated carbocycles. The van der Waals surface area contributed by atoms with Crippen molar-refractivity contribution in [3.05, 3.63) is 63.4 Å². The molecule has 5 rings (SSSR count). The van der Waals surface area contributed by atoms with E-state index >= 15 is 4.39 Å². The van der Waals surface area contributed by atoms with Gasteiger partial charge in [-0.25, -0.2) is 9.18 Å². The van der Waals surface area contributed by atoms with Crippen LogP contribution in [0.5, 0.6) is 0 Å². The van der Waals surface area contributed by atoms with Crippen LogP contribution in [-0.2, 0) is 24.5 Å². The van der Waals surface area contributed by atoms with Gasteiger partial charge in [-0.3, -0.25) is 14.5 Å². The van der Waals surface area contributed by atoms with Crippen molar-refractivity contribution in [1.29, 1.82) is 0 Å². The lowest BCUT2D eigenvalue weighted by atomic mass is 9.62. The Kier molecular flexibility index (Phi) is 10.9. The van der Waals surface area contributed by atoms with Crippen molar-refractivity contribution in [1.82, 2.24) is 15.5 Å². The van der Waals surface area contributed by atoms with E-state index in [0.717, 1.165) is 13.1 Å². The quantitative estimate of drug-likeness (QED) is 0.316. The molecule has 2 aromatic carbocycles. The molecule has 1 spiro atoms. The number of anilines is 1. The van der Waals surface area contributed by atoms with Gasteiger partial charge in [0.25, 0.3) is 0 Å². The zero-order valence-electron chi connectivity index (χ0n) is 25.4. The molecule has 0 radical (unpaired) electrons. The minimum Gasteiger partial charge on any atom is -0.475 e. The molecular weight excluding hydrogens is 655 g/mol. The molecule has 2 fully saturated rings. The number of halogens is 6. The van der Waals surface area contributed by atoms with Gasteiger partial charge in [-0.05, 0) is 41.2 Å². The van der Waals surface area contributed by atoms with E-state index < -0.39 is 41.4 Å². The Labute approximate surface area is 273 Å². The van der Waals surface area contributed by atoms with Crippen molar-refractivity contribution in [2.75, 3.05) is 44.7 Å². The monoisotopic (exact) mass is 690 g/mol. The second-order valence-corrected chi connectivity index (χ2v) is 13.5. The van der Waals surface area contributed by atoms with E-state index in [-0.39, 0.29) is 27.8 Å². The van der Waals surface area contributed by atoms with Crippen LogP contribution in [0, 0.1) is 11.2 Å². The Morgan fingerprint density at radius 3 is 2.39 bits per heavy atom. The number of carbonyl (C=O) groups excluding carboxylic acids is 2. The Hall–Kier alpha value is -2.97. The first-order valence-electron chi connectivity index (χ1n) is 14.7. The summed E-state index contributed by atoms with van der Waals surface area (Å²) in [6, 6.07) is 8.69. The number of ether oxygens (including phenoxy) is 1. The first kappa shape index (κ1) is 35.9. The number of hydrogen-bond acceptors (Lipinski definition) is 6. The van der Waals surface area contributed by atoms with Crippen LogP contribution in [-0.4, -0.2) is 85.4 Å². The maximum Gasteiger partial charge on any atom is 0.490 e. The zero-order valence-corrected chi connectivity index (χ0v) is 27.0. The number of benzene rings is 2. The van der Waals surface area contributed by atoms with Gasteiger partial charge in [0.05, 0.1) is 24.3 Å². The van der Waals surface area contributed by atoms with Gasteiger partial charge in [-0.2, -0.15) is 13.2 Å².